The Bertz CT molecular complexity index is 1110. The maximum Gasteiger partial charge on any atom is 0.254 e. The number of amides is 3. The van der Waals surface area contributed by atoms with E-state index in [0.29, 0.717) is 17.0 Å². The van der Waals surface area contributed by atoms with Crippen LogP contribution in [0.25, 0.3) is 0 Å². The molecule has 0 radical (unpaired) electrons. The molecule has 156 valence electrons. The van der Waals surface area contributed by atoms with Crippen molar-refractivity contribution < 1.29 is 19.1 Å². The monoisotopic (exact) mass is 415 g/mol. The Morgan fingerprint density at radius 2 is 1.65 bits per heavy atom. The Kier molecular flexibility index (Phi) is 5.93. The summed E-state index contributed by atoms with van der Waals surface area (Å²) in [5.74, 6) is 0.218. The molecule has 0 saturated heterocycles. The molecule has 0 aliphatic carbocycles. The van der Waals surface area contributed by atoms with Crippen LogP contribution in [0.3, 0.4) is 0 Å². The number of hydrogen-bond donors (Lipinski definition) is 3. The highest BCUT2D eigenvalue weighted by Gasteiger charge is 2.29. The molecule has 0 spiro atoms. The smallest absolute Gasteiger partial charge is 0.254 e. The summed E-state index contributed by atoms with van der Waals surface area (Å²) in [6.45, 7) is 0.271. The van der Waals surface area contributed by atoms with Crippen molar-refractivity contribution in [2.24, 2.45) is 0 Å². The van der Waals surface area contributed by atoms with E-state index in [1.54, 1.807) is 24.3 Å². The van der Waals surface area contributed by atoms with Crippen LogP contribution in [0.4, 0.5) is 5.69 Å². The molecular weight excluding hydrogens is 394 g/mol. The summed E-state index contributed by atoms with van der Waals surface area (Å²) < 4.78 is 5.80. The predicted molar refractivity (Wildman–Crippen MR) is 116 cm³/mol. The number of para-hydroxylation sites is 2. The van der Waals surface area contributed by atoms with Crippen LogP contribution in [-0.4, -0.2) is 23.8 Å². The van der Waals surface area contributed by atoms with Crippen LogP contribution >= 0.6 is 0 Å². The van der Waals surface area contributed by atoms with Gasteiger partial charge >= 0.3 is 0 Å². The lowest BCUT2D eigenvalue weighted by molar-refractivity contribution is -0.125. The minimum absolute atomic E-state index is 0.161. The summed E-state index contributed by atoms with van der Waals surface area (Å²) in [5.41, 5.74) is 1.65. The first-order valence-corrected chi connectivity index (χ1v) is 9.88. The van der Waals surface area contributed by atoms with Crippen LogP contribution in [0.1, 0.15) is 22.3 Å². The van der Waals surface area contributed by atoms with Crippen molar-refractivity contribution in [3.8, 4) is 11.5 Å². The maximum atomic E-state index is 12.4. The third-order valence-corrected chi connectivity index (χ3v) is 4.81. The molecule has 7 nitrogen and oxygen atoms in total. The highest BCUT2D eigenvalue weighted by atomic mass is 16.5. The second-order valence-corrected chi connectivity index (χ2v) is 7.10. The van der Waals surface area contributed by atoms with E-state index in [0.717, 1.165) is 11.3 Å². The zero-order chi connectivity index (χ0) is 21.6. The van der Waals surface area contributed by atoms with Crippen molar-refractivity contribution in [3.63, 3.8) is 0 Å². The minimum Gasteiger partial charge on any atom is -0.457 e. The van der Waals surface area contributed by atoms with Gasteiger partial charge in [0.05, 0.1) is 17.7 Å². The molecule has 3 N–H and O–H groups in total. The summed E-state index contributed by atoms with van der Waals surface area (Å²) in [5, 5.41) is 8.10. The zero-order valence-electron chi connectivity index (χ0n) is 16.6. The molecule has 0 saturated carbocycles. The van der Waals surface area contributed by atoms with Crippen LogP contribution in [0.15, 0.2) is 78.9 Å². The van der Waals surface area contributed by atoms with E-state index in [1.807, 2.05) is 54.6 Å². The number of nitrogens with one attached hydrogen (secondary N) is 3. The third kappa shape index (κ3) is 5.08. The van der Waals surface area contributed by atoms with Crippen molar-refractivity contribution in [3.05, 3.63) is 90.0 Å². The molecule has 0 bridgehead atoms. The molecule has 0 aromatic heterocycles. The topological polar surface area (TPSA) is 96.5 Å². The fourth-order valence-electron chi connectivity index (χ4n) is 3.26. The van der Waals surface area contributed by atoms with Gasteiger partial charge in [0.15, 0.2) is 0 Å². The molecule has 3 aromatic carbocycles. The van der Waals surface area contributed by atoms with Crippen LogP contribution in [-0.2, 0) is 16.1 Å². The lowest BCUT2D eigenvalue weighted by Gasteiger charge is -2.14. The first-order valence-electron chi connectivity index (χ1n) is 9.88. The summed E-state index contributed by atoms with van der Waals surface area (Å²) in [7, 11) is 0. The Hall–Kier alpha value is -4.13. The van der Waals surface area contributed by atoms with Crippen molar-refractivity contribution >= 4 is 23.4 Å². The van der Waals surface area contributed by atoms with E-state index in [2.05, 4.69) is 16.0 Å². The average Bonchev–Trinajstić information content (AvgIpc) is 2.89. The lowest BCUT2D eigenvalue weighted by atomic mass is 10.1. The van der Waals surface area contributed by atoms with Crippen molar-refractivity contribution in [2.75, 3.05) is 5.32 Å². The van der Waals surface area contributed by atoms with E-state index in [9.17, 15) is 14.4 Å². The number of fused-ring (bicyclic) bond motifs is 1. The maximum absolute atomic E-state index is 12.4. The van der Waals surface area contributed by atoms with Crippen molar-refractivity contribution in [2.45, 2.75) is 19.0 Å². The third-order valence-electron chi connectivity index (χ3n) is 4.81. The van der Waals surface area contributed by atoms with Gasteiger partial charge in [-0.3, -0.25) is 14.4 Å². The number of hydrogen-bond acceptors (Lipinski definition) is 4. The van der Waals surface area contributed by atoms with Gasteiger partial charge in [-0.1, -0.05) is 42.5 Å². The zero-order valence-corrected chi connectivity index (χ0v) is 16.6. The molecule has 1 aliphatic rings. The molecule has 0 unspecified atom stereocenters. The van der Waals surface area contributed by atoms with Gasteiger partial charge in [-0.2, -0.15) is 0 Å². The molecule has 0 fully saturated rings. The highest BCUT2D eigenvalue weighted by Crippen LogP contribution is 2.22. The molecule has 3 aromatic rings. The average molecular weight is 415 g/mol. The summed E-state index contributed by atoms with van der Waals surface area (Å²) in [6.07, 6.45) is -0.161. The fraction of sp³-hybridized carbons (Fsp3) is 0.125. The summed E-state index contributed by atoms with van der Waals surface area (Å²) in [6, 6.07) is 22.6. The van der Waals surface area contributed by atoms with Crippen molar-refractivity contribution in [1.29, 1.82) is 0 Å². The SMILES string of the molecule is O=C(C[C@@H]1NC(=O)c2ccccc2NC1=O)NCc1cccc(Oc2ccccc2)c1. The molecule has 1 atom stereocenters. The number of rotatable bonds is 6. The Morgan fingerprint density at radius 1 is 0.903 bits per heavy atom. The van der Waals surface area contributed by atoms with E-state index in [1.165, 1.54) is 0 Å². The van der Waals surface area contributed by atoms with Crippen LogP contribution in [0.2, 0.25) is 0 Å². The number of anilines is 1. The second kappa shape index (κ2) is 9.13. The number of carbonyl (C=O) groups excluding carboxylic acids is 3. The van der Waals surface area contributed by atoms with Gasteiger partial charge in [0.2, 0.25) is 11.8 Å². The van der Waals surface area contributed by atoms with Gasteiger partial charge in [0, 0.05) is 6.54 Å². The number of benzene rings is 3. The van der Waals surface area contributed by atoms with E-state index < -0.39 is 17.9 Å². The summed E-state index contributed by atoms with van der Waals surface area (Å²) >= 11 is 0. The van der Waals surface area contributed by atoms with Gasteiger partial charge in [-0.05, 0) is 42.0 Å². The number of ether oxygens (including phenoxy) is 1. The first kappa shape index (κ1) is 20.2. The molecule has 31 heavy (non-hydrogen) atoms. The second-order valence-electron chi connectivity index (χ2n) is 7.10. The largest absolute Gasteiger partial charge is 0.457 e. The van der Waals surface area contributed by atoms with Gasteiger partial charge < -0.3 is 20.7 Å². The normalized spacial score (nSPS) is 15.2. The molecule has 1 heterocycles. The van der Waals surface area contributed by atoms with Gasteiger partial charge in [0.1, 0.15) is 17.5 Å². The molecule has 4 rings (SSSR count). The van der Waals surface area contributed by atoms with Gasteiger partial charge in [0.25, 0.3) is 5.91 Å². The number of carbonyl (C=O) groups is 3. The Labute approximate surface area is 179 Å². The first-order chi connectivity index (χ1) is 15.1. The predicted octanol–water partition coefficient (Wildman–Crippen LogP) is 3.24. The van der Waals surface area contributed by atoms with Crippen LogP contribution in [0, 0.1) is 0 Å². The minimum atomic E-state index is -0.951. The standard InChI is InChI=1S/C24H21N3O4/c28-22(14-21-24(30)26-20-12-5-4-11-19(20)23(29)27-21)25-15-16-7-6-10-18(13-16)31-17-8-2-1-3-9-17/h1-13,21H,14-15H2,(H,25,28)(H,26,30)(H,27,29)/t21-/m0/s1. The van der Waals surface area contributed by atoms with Crippen LogP contribution < -0.4 is 20.7 Å². The van der Waals surface area contributed by atoms with Crippen molar-refractivity contribution in [1.82, 2.24) is 10.6 Å². The van der Waals surface area contributed by atoms with E-state index >= 15 is 0 Å². The molecule has 3 amide bonds. The lowest BCUT2D eigenvalue weighted by Crippen LogP contribution is -2.44. The van der Waals surface area contributed by atoms with E-state index in [4.69, 9.17) is 4.74 Å². The van der Waals surface area contributed by atoms with E-state index in [-0.39, 0.29) is 18.9 Å². The van der Waals surface area contributed by atoms with Gasteiger partial charge in [-0.25, -0.2) is 0 Å². The Morgan fingerprint density at radius 3 is 2.48 bits per heavy atom. The molecule has 7 heteroatoms. The molecular formula is C24H21N3O4. The quantitative estimate of drug-likeness (QED) is 0.576. The Balaban J connectivity index is 1.34. The van der Waals surface area contributed by atoms with Crippen LogP contribution in [0.5, 0.6) is 11.5 Å². The fourth-order valence-corrected chi connectivity index (χ4v) is 3.26. The highest BCUT2D eigenvalue weighted by molar-refractivity contribution is 6.10. The van der Waals surface area contributed by atoms with Gasteiger partial charge in [-0.15, -0.1) is 0 Å². The molecule has 1 aliphatic heterocycles. The summed E-state index contributed by atoms with van der Waals surface area (Å²) in [4.78, 5) is 37.2.